The fourth-order valence-electron chi connectivity index (χ4n) is 4.12. The molecule has 0 spiro atoms. The fraction of sp³-hybridized carbons (Fsp3) is 0.417. The SMILES string of the molecule is CCN(CC)c1ccc(NC(=S)NC(=O)c2ccc(N3CCCCC3)c([N+](=O)[O-])c2)c(C)c1. The maximum Gasteiger partial charge on any atom is 0.293 e. The average Bonchev–Trinajstić information content (AvgIpc) is 2.81. The standard InChI is InChI=1S/C24H31N5O3S/c1-4-27(5-2)19-10-11-20(17(3)15-19)25-24(33)26-23(30)18-9-12-21(22(16-18)29(31)32)28-13-7-6-8-14-28/h9-12,15-16H,4-8,13-14H2,1-3H3,(H2,25,26,30,33). The number of anilines is 3. The summed E-state index contributed by atoms with van der Waals surface area (Å²) in [6, 6.07) is 10.6. The van der Waals surface area contributed by atoms with Crippen LogP contribution in [0.3, 0.4) is 0 Å². The van der Waals surface area contributed by atoms with E-state index in [0.717, 1.165) is 62.4 Å². The third-order valence-corrected chi connectivity index (χ3v) is 6.15. The normalized spacial score (nSPS) is 13.4. The van der Waals surface area contributed by atoms with Crippen LogP contribution in [-0.4, -0.2) is 42.1 Å². The lowest BCUT2D eigenvalue weighted by Crippen LogP contribution is -2.34. The van der Waals surface area contributed by atoms with Crippen molar-refractivity contribution in [3.8, 4) is 0 Å². The van der Waals surface area contributed by atoms with Gasteiger partial charge in [-0.2, -0.15) is 0 Å². The number of nitrogens with zero attached hydrogens (tertiary/aromatic N) is 3. The Hall–Kier alpha value is -3.20. The van der Waals surface area contributed by atoms with E-state index in [1.165, 1.54) is 6.07 Å². The molecule has 1 aliphatic rings. The molecule has 9 heteroatoms. The summed E-state index contributed by atoms with van der Waals surface area (Å²) in [6.45, 7) is 9.60. The lowest BCUT2D eigenvalue weighted by Gasteiger charge is -2.28. The molecule has 3 rings (SSSR count). The minimum Gasteiger partial charge on any atom is -0.372 e. The van der Waals surface area contributed by atoms with E-state index in [4.69, 9.17) is 12.2 Å². The summed E-state index contributed by atoms with van der Waals surface area (Å²) in [5.41, 5.74) is 3.60. The van der Waals surface area contributed by atoms with E-state index in [2.05, 4.69) is 35.4 Å². The van der Waals surface area contributed by atoms with Crippen LogP contribution in [0.1, 0.15) is 49.0 Å². The summed E-state index contributed by atoms with van der Waals surface area (Å²) < 4.78 is 0. The van der Waals surface area contributed by atoms with E-state index >= 15 is 0 Å². The molecule has 0 aromatic heterocycles. The van der Waals surface area contributed by atoms with Gasteiger partial charge in [0.15, 0.2) is 5.11 Å². The summed E-state index contributed by atoms with van der Waals surface area (Å²) >= 11 is 5.32. The lowest BCUT2D eigenvalue weighted by atomic mass is 10.1. The van der Waals surface area contributed by atoms with Crippen LogP contribution in [0, 0.1) is 17.0 Å². The van der Waals surface area contributed by atoms with Crippen molar-refractivity contribution < 1.29 is 9.72 Å². The maximum atomic E-state index is 12.7. The third kappa shape index (κ3) is 5.98. The van der Waals surface area contributed by atoms with E-state index < -0.39 is 10.8 Å². The predicted molar refractivity (Wildman–Crippen MR) is 138 cm³/mol. The number of benzene rings is 2. The molecule has 1 aliphatic heterocycles. The number of hydrogen-bond acceptors (Lipinski definition) is 6. The van der Waals surface area contributed by atoms with Gasteiger partial charge in [-0.3, -0.25) is 20.2 Å². The molecule has 33 heavy (non-hydrogen) atoms. The third-order valence-electron chi connectivity index (χ3n) is 5.94. The minimum atomic E-state index is -0.488. The summed E-state index contributed by atoms with van der Waals surface area (Å²) in [7, 11) is 0. The van der Waals surface area contributed by atoms with Crippen LogP contribution < -0.4 is 20.4 Å². The Morgan fingerprint density at radius 2 is 1.82 bits per heavy atom. The number of amides is 1. The Morgan fingerprint density at radius 3 is 2.42 bits per heavy atom. The van der Waals surface area contributed by atoms with Crippen LogP contribution in [0.2, 0.25) is 0 Å². The molecule has 1 fully saturated rings. The highest BCUT2D eigenvalue weighted by atomic mass is 32.1. The van der Waals surface area contributed by atoms with E-state index in [0.29, 0.717) is 5.69 Å². The summed E-state index contributed by atoms with van der Waals surface area (Å²) in [4.78, 5) is 28.2. The van der Waals surface area contributed by atoms with E-state index in [9.17, 15) is 14.9 Å². The van der Waals surface area contributed by atoms with E-state index in [1.54, 1.807) is 12.1 Å². The van der Waals surface area contributed by atoms with Crippen LogP contribution in [0.4, 0.5) is 22.7 Å². The van der Waals surface area contributed by atoms with Gasteiger partial charge in [-0.1, -0.05) is 0 Å². The predicted octanol–water partition coefficient (Wildman–Crippen LogP) is 4.87. The fourth-order valence-corrected chi connectivity index (χ4v) is 4.32. The molecule has 1 heterocycles. The number of aryl methyl sites for hydroxylation is 1. The van der Waals surface area contributed by atoms with Gasteiger partial charge in [0, 0.05) is 49.2 Å². The Kier molecular flexibility index (Phi) is 8.21. The van der Waals surface area contributed by atoms with Crippen molar-refractivity contribution >= 4 is 46.0 Å². The molecular weight excluding hydrogens is 438 g/mol. The minimum absolute atomic E-state index is 0.0636. The zero-order valence-electron chi connectivity index (χ0n) is 19.4. The number of carbonyl (C=O) groups excluding carboxylic acids is 1. The van der Waals surface area contributed by atoms with Crippen molar-refractivity contribution in [1.29, 1.82) is 0 Å². The van der Waals surface area contributed by atoms with Gasteiger partial charge in [-0.05, 0) is 88.1 Å². The molecule has 0 atom stereocenters. The molecule has 1 saturated heterocycles. The monoisotopic (exact) mass is 469 g/mol. The average molecular weight is 470 g/mol. The van der Waals surface area contributed by atoms with Crippen LogP contribution >= 0.6 is 12.2 Å². The zero-order chi connectivity index (χ0) is 24.0. The first-order chi connectivity index (χ1) is 15.8. The second-order valence-corrected chi connectivity index (χ2v) is 8.50. The molecule has 0 radical (unpaired) electrons. The molecule has 0 unspecified atom stereocenters. The first-order valence-electron chi connectivity index (χ1n) is 11.3. The van der Waals surface area contributed by atoms with Crippen molar-refractivity contribution in [2.75, 3.05) is 41.3 Å². The van der Waals surface area contributed by atoms with Gasteiger partial charge < -0.3 is 15.1 Å². The topological polar surface area (TPSA) is 90.8 Å². The molecule has 176 valence electrons. The Balaban J connectivity index is 1.70. The van der Waals surface area contributed by atoms with Crippen LogP contribution in [-0.2, 0) is 0 Å². The van der Waals surface area contributed by atoms with Gasteiger partial charge in [0.05, 0.1) is 4.92 Å². The highest BCUT2D eigenvalue weighted by Crippen LogP contribution is 2.31. The van der Waals surface area contributed by atoms with Gasteiger partial charge in [-0.15, -0.1) is 0 Å². The molecule has 0 saturated carbocycles. The van der Waals surface area contributed by atoms with Crippen molar-refractivity contribution in [2.45, 2.75) is 40.0 Å². The molecule has 0 aliphatic carbocycles. The second kappa shape index (κ2) is 11.1. The van der Waals surface area contributed by atoms with Crippen molar-refractivity contribution in [3.05, 3.63) is 57.6 Å². The first-order valence-corrected chi connectivity index (χ1v) is 11.8. The molecule has 2 aromatic rings. The first kappa shape index (κ1) is 24.4. The van der Waals surface area contributed by atoms with E-state index in [-0.39, 0.29) is 16.4 Å². The van der Waals surface area contributed by atoms with Crippen molar-refractivity contribution in [3.63, 3.8) is 0 Å². The van der Waals surface area contributed by atoms with Crippen LogP contribution in [0.25, 0.3) is 0 Å². The maximum absolute atomic E-state index is 12.7. The van der Waals surface area contributed by atoms with Crippen molar-refractivity contribution in [1.82, 2.24) is 5.32 Å². The Morgan fingerprint density at radius 1 is 1.12 bits per heavy atom. The molecule has 1 amide bonds. The van der Waals surface area contributed by atoms with Gasteiger partial charge in [0.2, 0.25) is 0 Å². The second-order valence-electron chi connectivity index (χ2n) is 8.09. The zero-order valence-corrected chi connectivity index (χ0v) is 20.2. The smallest absolute Gasteiger partial charge is 0.293 e. The number of nitro groups is 1. The largest absolute Gasteiger partial charge is 0.372 e. The molecule has 8 nitrogen and oxygen atoms in total. The number of rotatable bonds is 7. The Labute approximate surface area is 200 Å². The highest BCUT2D eigenvalue weighted by Gasteiger charge is 2.23. The molecular formula is C24H31N5O3S. The van der Waals surface area contributed by atoms with Gasteiger partial charge in [0.1, 0.15) is 5.69 Å². The number of nitrogens with one attached hydrogen (secondary N) is 2. The van der Waals surface area contributed by atoms with Gasteiger partial charge in [0.25, 0.3) is 11.6 Å². The summed E-state index contributed by atoms with van der Waals surface area (Å²) in [6.07, 6.45) is 3.15. The number of carbonyl (C=O) groups is 1. The highest BCUT2D eigenvalue weighted by molar-refractivity contribution is 7.80. The number of thiocarbonyl (C=S) groups is 1. The summed E-state index contributed by atoms with van der Waals surface area (Å²) in [5.74, 6) is -0.488. The van der Waals surface area contributed by atoms with Gasteiger partial charge >= 0.3 is 0 Å². The number of nitro benzene ring substituents is 1. The molecule has 2 N–H and O–H groups in total. The molecule has 2 aromatic carbocycles. The number of hydrogen-bond donors (Lipinski definition) is 2. The Bertz CT molecular complexity index is 1030. The van der Waals surface area contributed by atoms with E-state index in [1.807, 2.05) is 24.0 Å². The summed E-state index contributed by atoms with van der Waals surface area (Å²) in [5, 5.41) is 17.5. The lowest BCUT2D eigenvalue weighted by molar-refractivity contribution is -0.384. The molecule has 0 bridgehead atoms. The van der Waals surface area contributed by atoms with Crippen LogP contribution in [0.15, 0.2) is 36.4 Å². The number of piperidine rings is 1. The van der Waals surface area contributed by atoms with Gasteiger partial charge in [-0.25, -0.2) is 0 Å². The van der Waals surface area contributed by atoms with Crippen molar-refractivity contribution in [2.24, 2.45) is 0 Å². The quantitative estimate of drug-likeness (QED) is 0.340. The van der Waals surface area contributed by atoms with Crippen LogP contribution in [0.5, 0.6) is 0 Å².